The summed E-state index contributed by atoms with van der Waals surface area (Å²) in [6, 6.07) is 27.5. The normalized spacial score (nSPS) is 15.1. The fourth-order valence-electron chi connectivity index (χ4n) is 4.72. The molecule has 1 aliphatic heterocycles. The van der Waals surface area contributed by atoms with E-state index in [1.54, 1.807) is 22.8 Å². The number of rotatable bonds is 5. The van der Waals surface area contributed by atoms with Crippen LogP contribution in [0, 0.1) is 6.92 Å². The number of thiazole rings is 1. The number of aromatic nitrogens is 1. The van der Waals surface area contributed by atoms with Crippen molar-refractivity contribution < 1.29 is 9.21 Å². The van der Waals surface area contributed by atoms with E-state index < -0.39 is 6.04 Å². The topological polar surface area (TPSA) is 76.6 Å². The van der Waals surface area contributed by atoms with E-state index >= 15 is 0 Å². The van der Waals surface area contributed by atoms with Gasteiger partial charge in [0.1, 0.15) is 11.5 Å². The fraction of sp³-hybridized carbons (Fsp3) is 0.0938. The average Bonchev–Trinajstić information content (AvgIpc) is 3.53. The highest BCUT2D eigenvalue weighted by molar-refractivity contribution is 7.07. The highest BCUT2D eigenvalue weighted by atomic mass is 35.5. The summed E-state index contributed by atoms with van der Waals surface area (Å²) in [5, 5.41) is 3.62. The van der Waals surface area contributed by atoms with Gasteiger partial charge in [-0.3, -0.25) is 14.2 Å². The number of aryl methyl sites for hydroxylation is 1. The van der Waals surface area contributed by atoms with Gasteiger partial charge in [0.05, 0.1) is 21.8 Å². The molecule has 3 heterocycles. The number of halogens is 1. The molecule has 0 fully saturated rings. The van der Waals surface area contributed by atoms with Gasteiger partial charge in [0.25, 0.3) is 11.5 Å². The smallest absolute Gasteiger partial charge is 0.271 e. The SMILES string of the molecule is CC1=C(C(=O)Nc2ccccc2)C(c2ccc(C)cc2)n2c(s/c(=C\c3ccc(-c4ccc(Cl)cc4)o3)c2=O)=N1. The second-order valence-corrected chi connectivity index (χ2v) is 11.0. The van der Waals surface area contributed by atoms with Gasteiger partial charge in [-0.15, -0.1) is 0 Å². The van der Waals surface area contributed by atoms with Gasteiger partial charge in [-0.2, -0.15) is 0 Å². The van der Waals surface area contributed by atoms with Gasteiger partial charge in [0.15, 0.2) is 4.80 Å². The van der Waals surface area contributed by atoms with Gasteiger partial charge in [-0.1, -0.05) is 71.0 Å². The van der Waals surface area contributed by atoms with Crippen LogP contribution in [0.1, 0.15) is 29.9 Å². The zero-order valence-electron chi connectivity index (χ0n) is 21.7. The maximum Gasteiger partial charge on any atom is 0.271 e. The third-order valence-corrected chi connectivity index (χ3v) is 7.95. The lowest BCUT2D eigenvalue weighted by atomic mass is 9.94. The van der Waals surface area contributed by atoms with Crippen LogP contribution in [0.5, 0.6) is 0 Å². The Bertz CT molecular complexity index is 1930. The molecular formula is C32H24ClN3O3S. The number of hydrogen-bond acceptors (Lipinski definition) is 5. The van der Waals surface area contributed by atoms with E-state index in [1.807, 2.05) is 92.7 Å². The average molecular weight is 566 g/mol. The maximum atomic E-state index is 13.9. The predicted molar refractivity (Wildman–Crippen MR) is 159 cm³/mol. The Hall–Kier alpha value is -4.46. The third-order valence-electron chi connectivity index (χ3n) is 6.72. The summed E-state index contributed by atoms with van der Waals surface area (Å²) in [5.41, 5.74) is 4.22. The van der Waals surface area contributed by atoms with E-state index in [9.17, 15) is 9.59 Å². The molecule has 0 saturated carbocycles. The quantitative estimate of drug-likeness (QED) is 0.280. The lowest BCUT2D eigenvalue weighted by Gasteiger charge is -2.25. The molecule has 1 N–H and O–H groups in total. The van der Waals surface area contributed by atoms with Crippen molar-refractivity contribution in [2.45, 2.75) is 19.9 Å². The summed E-state index contributed by atoms with van der Waals surface area (Å²) >= 11 is 7.28. The summed E-state index contributed by atoms with van der Waals surface area (Å²) in [5.74, 6) is 0.912. The van der Waals surface area contributed by atoms with E-state index in [0.29, 0.717) is 42.8 Å². The van der Waals surface area contributed by atoms with Crippen molar-refractivity contribution in [3.63, 3.8) is 0 Å². The summed E-state index contributed by atoms with van der Waals surface area (Å²) in [7, 11) is 0. The number of carbonyl (C=O) groups is 1. The summed E-state index contributed by atoms with van der Waals surface area (Å²) < 4.78 is 8.10. The highest BCUT2D eigenvalue weighted by Crippen LogP contribution is 2.31. The predicted octanol–water partition coefficient (Wildman–Crippen LogP) is 6.10. The van der Waals surface area contributed by atoms with Crippen LogP contribution in [0.3, 0.4) is 0 Å². The Morgan fingerprint density at radius 1 is 0.975 bits per heavy atom. The second-order valence-electron chi connectivity index (χ2n) is 9.52. The van der Waals surface area contributed by atoms with Crippen LogP contribution in [-0.4, -0.2) is 10.5 Å². The first-order valence-corrected chi connectivity index (χ1v) is 13.9. The standard InChI is InChI=1S/C32H24ClN3O3S/c1-19-8-10-22(11-9-19)29-28(30(37)35-24-6-4-3-5-7-24)20(2)34-32-36(29)31(38)27(40-32)18-25-16-17-26(39-25)21-12-14-23(33)15-13-21/h3-18,29H,1-2H3,(H,35,37)/b27-18-. The maximum absolute atomic E-state index is 13.9. The molecule has 1 atom stereocenters. The first kappa shape index (κ1) is 25.8. The molecule has 1 amide bonds. The van der Waals surface area contributed by atoms with Gasteiger partial charge in [0, 0.05) is 22.3 Å². The molecule has 0 radical (unpaired) electrons. The van der Waals surface area contributed by atoms with Crippen LogP contribution >= 0.6 is 22.9 Å². The van der Waals surface area contributed by atoms with Crippen LogP contribution < -0.4 is 20.2 Å². The molecule has 6 rings (SSSR count). The summed E-state index contributed by atoms with van der Waals surface area (Å²) in [6.45, 7) is 3.81. The molecule has 0 bridgehead atoms. The number of para-hydroxylation sites is 1. The molecule has 0 aliphatic carbocycles. The minimum absolute atomic E-state index is 0.240. The zero-order chi connectivity index (χ0) is 27.8. The first-order valence-electron chi connectivity index (χ1n) is 12.7. The molecule has 6 nitrogen and oxygen atoms in total. The molecule has 2 aromatic heterocycles. The fourth-order valence-corrected chi connectivity index (χ4v) is 5.88. The number of nitrogens with zero attached hydrogens (tertiary/aromatic N) is 2. The monoisotopic (exact) mass is 565 g/mol. The second kappa shape index (κ2) is 10.6. The molecule has 1 aliphatic rings. The van der Waals surface area contributed by atoms with Crippen molar-refractivity contribution in [2.75, 3.05) is 5.32 Å². The van der Waals surface area contributed by atoms with Gasteiger partial charge in [-0.25, -0.2) is 4.99 Å². The van der Waals surface area contributed by atoms with Crippen LogP contribution in [0.4, 0.5) is 5.69 Å². The number of amides is 1. The number of hydrogen-bond donors (Lipinski definition) is 1. The van der Waals surface area contributed by atoms with Gasteiger partial charge in [-0.05, 0) is 67.9 Å². The Morgan fingerprint density at radius 2 is 1.70 bits per heavy atom. The molecule has 8 heteroatoms. The molecule has 3 aromatic carbocycles. The Balaban J connectivity index is 1.44. The molecule has 0 spiro atoms. The van der Waals surface area contributed by atoms with E-state index in [1.165, 1.54) is 11.3 Å². The molecule has 1 unspecified atom stereocenters. The van der Waals surface area contributed by atoms with E-state index in [-0.39, 0.29) is 11.5 Å². The number of benzene rings is 3. The minimum atomic E-state index is -0.635. The van der Waals surface area contributed by atoms with Crippen molar-refractivity contribution in [1.29, 1.82) is 0 Å². The highest BCUT2D eigenvalue weighted by Gasteiger charge is 2.32. The first-order chi connectivity index (χ1) is 19.4. The molecule has 5 aromatic rings. The summed E-state index contributed by atoms with van der Waals surface area (Å²) in [6.07, 6.45) is 1.72. The van der Waals surface area contributed by atoms with E-state index in [2.05, 4.69) is 5.32 Å². The third kappa shape index (κ3) is 4.97. The van der Waals surface area contributed by atoms with Gasteiger partial charge in [0.2, 0.25) is 0 Å². The number of fused-ring (bicyclic) bond motifs is 1. The number of carbonyl (C=O) groups excluding carboxylic acids is 1. The van der Waals surface area contributed by atoms with Crippen molar-refractivity contribution in [1.82, 2.24) is 4.57 Å². The number of allylic oxidation sites excluding steroid dienone is 1. The molecular weight excluding hydrogens is 542 g/mol. The van der Waals surface area contributed by atoms with Crippen molar-refractivity contribution in [2.24, 2.45) is 4.99 Å². The van der Waals surface area contributed by atoms with Crippen LogP contribution in [0.25, 0.3) is 17.4 Å². The lowest BCUT2D eigenvalue weighted by Crippen LogP contribution is -2.40. The van der Waals surface area contributed by atoms with Gasteiger partial charge < -0.3 is 9.73 Å². The Labute approximate surface area is 239 Å². The molecule has 0 saturated heterocycles. The Kier molecular flexibility index (Phi) is 6.84. The summed E-state index contributed by atoms with van der Waals surface area (Å²) in [4.78, 5) is 32.8. The largest absolute Gasteiger partial charge is 0.457 e. The van der Waals surface area contributed by atoms with Crippen molar-refractivity contribution in [3.05, 3.63) is 144 Å². The van der Waals surface area contributed by atoms with Crippen LogP contribution in [-0.2, 0) is 4.79 Å². The minimum Gasteiger partial charge on any atom is -0.457 e. The van der Waals surface area contributed by atoms with E-state index in [0.717, 1.165) is 16.7 Å². The van der Waals surface area contributed by atoms with Gasteiger partial charge >= 0.3 is 0 Å². The molecule has 198 valence electrons. The number of furan rings is 1. The van der Waals surface area contributed by atoms with Crippen molar-refractivity contribution >= 4 is 40.6 Å². The van der Waals surface area contributed by atoms with Crippen LogP contribution in [0.2, 0.25) is 5.02 Å². The zero-order valence-corrected chi connectivity index (χ0v) is 23.3. The number of anilines is 1. The number of nitrogens with one attached hydrogen (secondary N) is 1. The molecule has 40 heavy (non-hydrogen) atoms. The van der Waals surface area contributed by atoms with Crippen LogP contribution in [0.15, 0.2) is 116 Å². The van der Waals surface area contributed by atoms with E-state index in [4.69, 9.17) is 21.0 Å². The lowest BCUT2D eigenvalue weighted by molar-refractivity contribution is -0.113. The van der Waals surface area contributed by atoms with Crippen molar-refractivity contribution in [3.8, 4) is 11.3 Å². The Morgan fingerprint density at radius 3 is 2.42 bits per heavy atom.